The molecule has 1 atom stereocenters. The number of aromatic nitrogens is 2. The molecule has 2 rings (SSSR count). The molecule has 0 aliphatic carbocycles. The van der Waals surface area contributed by atoms with Crippen molar-refractivity contribution in [3.05, 3.63) is 51.8 Å². The van der Waals surface area contributed by atoms with Crippen molar-refractivity contribution < 1.29 is 13.2 Å². The molecule has 0 fully saturated rings. The number of hydrogen-bond donors (Lipinski definition) is 1. The molecule has 0 radical (unpaired) electrons. The van der Waals surface area contributed by atoms with Crippen LogP contribution in [-0.4, -0.2) is 9.78 Å². The lowest BCUT2D eigenvalue weighted by molar-refractivity contribution is -0.137. The number of benzene rings is 1. The normalized spacial score (nSPS) is 13.5. The third kappa shape index (κ3) is 3.21. The van der Waals surface area contributed by atoms with Crippen LogP contribution in [0.15, 0.2) is 34.9 Å². The van der Waals surface area contributed by atoms with Crippen molar-refractivity contribution in [1.29, 1.82) is 0 Å². The van der Waals surface area contributed by atoms with E-state index < -0.39 is 11.7 Å². The molecular formula is C13H13BrF3N3. The van der Waals surface area contributed by atoms with Crippen LogP contribution in [0.4, 0.5) is 13.2 Å². The fourth-order valence-electron chi connectivity index (χ4n) is 2.02. The number of nitrogens with two attached hydrogens (primary N) is 1. The van der Waals surface area contributed by atoms with Crippen molar-refractivity contribution in [2.75, 3.05) is 0 Å². The Labute approximate surface area is 122 Å². The lowest BCUT2D eigenvalue weighted by Gasteiger charge is -2.14. The number of alkyl halides is 3. The first-order valence-corrected chi connectivity index (χ1v) is 6.67. The average Bonchev–Trinajstić information content (AvgIpc) is 2.68. The van der Waals surface area contributed by atoms with E-state index in [2.05, 4.69) is 21.0 Å². The van der Waals surface area contributed by atoms with E-state index in [0.29, 0.717) is 6.42 Å². The predicted molar refractivity (Wildman–Crippen MR) is 73.0 cm³/mol. The van der Waals surface area contributed by atoms with Crippen LogP contribution < -0.4 is 5.73 Å². The molecule has 20 heavy (non-hydrogen) atoms. The Hall–Kier alpha value is -1.34. The molecular weight excluding hydrogens is 335 g/mol. The Morgan fingerprint density at radius 2 is 1.90 bits per heavy atom. The third-order valence-electron chi connectivity index (χ3n) is 3.03. The summed E-state index contributed by atoms with van der Waals surface area (Å²) < 4.78 is 39.8. The van der Waals surface area contributed by atoms with Gasteiger partial charge in [0.25, 0.3) is 0 Å². The minimum absolute atomic E-state index is 0.339. The molecule has 108 valence electrons. The first kappa shape index (κ1) is 15.1. The Kier molecular flexibility index (Phi) is 4.19. The summed E-state index contributed by atoms with van der Waals surface area (Å²) in [6, 6.07) is 4.70. The van der Waals surface area contributed by atoms with E-state index in [1.54, 1.807) is 17.9 Å². The van der Waals surface area contributed by atoms with Crippen LogP contribution in [0.25, 0.3) is 0 Å². The molecule has 0 amide bonds. The standard InChI is InChI=1S/C13H13BrF3N3/c1-20-12(10(14)7-19-20)11(18)6-8-2-4-9(5-3-8)13(15,16)17/h2-5,7,11H,6,18H2,1H3. The highest BCUT2D eigenvalue weighted by molar-refractivity contribution is 9.10. The van der Waals surface area contributed by atoms with Gasteiger partial charge in [-0.15, -0.1) is 0 Å². The van der Waals surface area contributed by atoms with Gasteiger partial charge in [-0.1, -0.05) is 12.1 Å². The van der Waals surface area contributed by atoms with Gasteiger partial charge in [-0.05, 0) is 40.0 Å². The van der Waals surface area contributed by atoms with Gasteiger partial charge in [-0.3, -0.25) is 4.68 Å². The third-order valence-corrected chi connectivity index (χ3v) is 3.64. The molecule has 1 aromatic heterocycles. The van der Waals surface area contributed by atoms with Crippen molar-refractivity contribution in [2.45, 2.75) is 18.6 Å². The van der Waals surface area contributed by atoms with Gasteiger partial charge in [0.15, 0.2) is 0 Å². The van der Waals surface area contributed by atoms with Crippen molar-refractivity contribution in [1.82, 2.24) is 9.78 Å². The molecule has 2 aromatic rings. The highest BCUT2D eigenvalue weighted by Gasteiger charge is 2.30. The molecule has 0 spiro atoms. The largest absolute Gasteiger partial charge is 0.416 e. The molecule has 0 saturated carbocycles. The Morgan fingerprint density at radius 3 is 2.35 bits per heavy atom. The maximum Gasteiger partial charge on any atom is 0.416 e. The van der Waals surface area contributed by atoms with Gasteiger partial charge in [0.1, 0.15) is 0 Å². The lowest BCUT2D eigenvalue weighted by atomic mass is 10.0. The van der Waals surface area contributed by atoms with Crippen molar-refractivity contribution >= 4 is 15.9 Å². The van der Waals surface area contributed by atoms with Crippen LogP contribution in [0.1, 0.15) is 22.9 Å². The quantitative estimate of drug-likeness (QED) is 0.924. The molecule has 1 unspecified atom stereocenters. The fourth-order valence-corrected chi connectivity index (χ4v) is 2.66. The van der Waals surface area contributed by atoms with Crippen LogP contribution in [-0.2, 0) is 19.6 Å². The van der Waals surface area contributed by atoms with Gasteiger partial charge in [0.2, 0.25) is 0 Å². The number of nitrogens with zero attached hydrogens (tertiary/aromatic N) is 2. The molecule has 1 heterocycles. The van der Waals surface area contributed by atoms with E-state index in [1.807, 2.05) is 0 Å². The van der Waals surface area contributed by atoms with Gasteiger partial charge >= 0.3 is 6.18 Å². The molecule has 1 aromatic carbocycles. The SMILES string of the molecule is Cn1ncc(Br)c1C(N)Cc1ccc(C(F)(F)F)cc1. The maximum atomic E-state index is 12.5. The van der Waals surface area contributed by atoms with Crippen LogP contribution in [0.2, 0.25) is 0 Å². The summed E-state index contributed by atoms with van der Waals surface area (Å²) >= 11 is 3.36. The number of hydrogen-bond acceptors (Lipinski definition) is 2. The summed E-state index contributed by atoms with van der Waals surface area (Å²) in [7, 11) is 1.77. The predicted octanol–water partition coefficient (Wildman–Crippen LogP) is 3.44. The summed E-state index contributed by atoms with van der Waals surface area (Å²) in [4.78, 5) is 0. The van der Waals surface area contributed by atoms with E-state index in [0.717, 1.165) is 27.9 Å². The molecule has 0 saturated heterocycles. The van der Waals surface area contributed by atoms with Gasteiger partial charge in [0, 0.05) is 7.05 Å². The molecule has 0 aliphatic heterocycles. The summed E-state index contributed by atoms with van der Waals surface area (Å²) in [5.41, 5.74) is 6.99. The summed E-state index contributed by atoms with van der Waals surface area (Å²) in [6.45, 7) is 0. The summed E-state index contributed by atoms with van der Waals surface area (Å²) in [5, 5.41) is 4.07. The second-order valence-corrected chi connectivity index (χ2v) is 5.36. The average molecular weight is 348 g/mol. The summed E-state index contributed by atoms with van der Waals surface area (Å²) in [6.07, 6.45) is -2.23. The molecule has 0 aliphatic rings. The van der Waals surface area contributed by atoms with E-state index in [1.165, 1.54) is 12.1 Å². The fraction of sp³-hybridized carbons (Fsp3) is 0.308. The Bertz CT molecular complexity index is 570. The highest BCUT2D eigenvalue weighted by Crippen LogP contribution is 2.30. The van der Waals surface area contributed by atoms with Crippen molar-refractivity contribution in [3.63, 3.8) is 0 Å². The van der Waals surface area contributed by atoms with Gasteiger partial charge in [-0.25, -0.2) is 0 Å². The van der Waals surface area contributed by atoms with Crippen LogP contribution >= 0.6 is 15.9 Å². The van der Waals surface area contributed by atoms with Gasteiger partial charge < -0.3 is 5.73 Å². The van der Waals surface area contributed by atoms with Crippen LogP contribution in [0, 0.1) is 0 Å². The van der Waals surface area contributed by atoms with Crippen LogP contribution in [0.3, 0.4) is 0 Å². The zero-order valence-corrected chi connectivity index (χ0v) is 12.2. The summed E-state index contributed by atoms with van der Waals surface area (Å²) in [5.74, 6) is 0. The van der Waals surface area contributed by atoms with Crippen molar-refractivity contribution in [3.8, 4) is 0 Å². The minimum Gasteiger partial charge on any atom is -0.322 e. The van der Waals surface area contributed by atoms with Crippen LogP contribution in [0.5, 0.6) is 0 Å². The monoisotopic (exact) mass is 347 g/mol. The van der Waals surface area contributed by atoms with E-state index >= 15 is 0 Å². The van der Waals surface area contributed by atoms with E-state index in [-0.39, 0.29) is 6.04 Å². The molecule has 0 bridgehead atoms. The van der Waals surface area contributed by atoms with Crippen molar-refractivity contribution in [2.24, 2.45) is 12.8 Å². The topological polar surface area (TPSA) is 43.8 Å². The second-order valence-electron chi connectivity index (χ2n) is 4.51. The smallest absolute Gasteiger partial charge is 0.322 e. The Balaban J connectivity index is 2.15. The number of aryl methyl sites for hydroxylation is 1. The van der Waals surface area contributed by atoms with Gasteiger partial charge in [0.05, 0.1) is 28.0 Å². The zero-order chi connectivity index (χ0) is 14.9. The molecule has 7 heteroatoms. The minimum atomic E-state index is -4.31. The first-order chi connectivity index (χ1) is 9.29. The van der Waals surface area contributed by atoms with E-state index in [4.69, 9.17) is 5.73 Å². The lowest BCUT2D eigenvalue weighted by Crippen LogP contribution is -2.17. The number of rotatable bonds is 3. The van der Waals surface area contributed by atoms with E-state index in [9.17, 15) is 13.2 Å². The number of halogens is 4. The first-order valence-electron chi connectivity index (χ1n) is 5.88. The maximum absolute atomic E-state index is 12.5. The molecule has 2 N–H and O–H groups in total. The molecule has 3 nitrogen and oxygen atoms in total. The zero-order valence-electron chi connectivity index (χ0n) is 10.7. The Morgan fingerprint density at radius 1 is 1.30 bits per heavy atom. The van der Waals surface area contributed by atoms with Gasteiger partial charge in [-0.2, -0.15) is 18.3 Å². The second kappa shape index (κ2) is 5.57. The highest BCUT2D eigenvalue weighted by atomic mass is 79.9.